The number of carbonyl (C=O) groups excluding carboxylic acids is 2. The standard InChI is InChI=1S/C12H19N3O5/c1-7(2)5-13-10(16)6-15(3)11(17)9-4-8(12(18)19)14-20-9/h7,9H,4-6H2,1-3H3,(H,13,16)(H,18,19). The Kier molecular flexibility index (Phi) is 5.48. The smallest absolute Gasteiger partial charge is 0.353 e. The maximum atomic E-state index is 11.9. The highest BCUT2D eigenvalue weighted by Gasteiger charge is 2.33. The molecule has 0 aromatic carbocycles. The summed E-state index contributed by atoms with van der Waals surface area (Å²) in [4.78, 5) is 40.2. The second-order valence-electron chi connectivity index (χ2n) is 5.03. The average molecular weight is 285 g/mol. The highest BCUT2D eigenvalue weighted by molar-refractivity contribution is 6.36. The fourth-order valence-electron chi connectivity index (χ4n) is 1.55. The van der Waals surface area contributed by atoms with Gasteiger partial charge in [-0.05, 0) is 5.92 Å². The molecule has 1 aliphatic heterocycles. The van der Waals surface area contributed by atoms with E-state index in [1.54, 1.807) is 0 Å². The van der Waals surface area contributed by atoms with Gasteiger partial charge in [0.2, 0.25) is 12.0 Å². The number of oxime groups is 1. The van der Waals surface area contributed by atoms with Crippen molar-refractivity contribution in [3.63, 3.8) is 0 Å². The molecule has 1 heterocycles. The number of carbonyl (C=O) groups is 3. The third-order valence-electron chi connectivity index (χ3n) is 2.66. The fourth-order valence-corrected chi connectivity index (χ4v) is 1.55. The van der Waals surface area contributed by atoms with Crippen LogP contribution in [-0.4, -0.2) is 59.7 Å². The van der Waals surface area contributed by atoms with Crippen LogP contribution < -0.4 is 5.32 Å². The molecule has 20 heavy (non-hydrogen) atoms. The van der Waals surface area contributed by atoms with E-state index in [1.165, 1.54) is 11.9 Å². The van der Waals surface area contributed by atoms with Gasteiger partial charge in [0.15, 0.2) is 5.71 Å². The van der Waals surface area contributed by atoms with Gasteiger partial charge < -0.3 is 20.2 Å². The highest BCUT2D eigenvalue weighted by atomic mass is 16.6. The van der Waals surface area contributed by atoms with Crippen molar-refractivity contribution < 1.29 is 24.3 Å². The Morgan fingerprint density at radius 3 is 2.65 bits per heavy atom. The van der Waals surface area contributed by atoms with Crippen LogP contribution in [0.3, 0.4) is 0 Å². The van der Waals surface area contributed by atoms with Gasteiger partial charge in [-0.15, -0.1) is 0 Å². The molecule has 2 N–H and O–H groups in total. The van der Waals surface area contributed by atoms with E-state index in [1.807, 2.05) is 13.8 Å². The average Bonchev–Trinajstić information content (AvgIpc) is 2.85. The van der Waals surface area contributed by atoms with Crippen molar-refractivity contribution in [2.75, 3.05) is 20.1 Å². The van der Waals surface area contributed by atoms with Gasteiger partial charge in [-0.1, -0.05) is 19.0 Å². The first-order chi connectivity index (χ1) is 9.31. The molecule has 0 aromatic heterocycles. The third kappa shape index (κ3) is 4.52. The number of hydrogen-bond donors (Lipinski definition) is 2. The molecular formula is C12H19N3O5. The number of carboxylic acid groups (broad SMARTS) is 1. The Morgan fingerprint density at radius 1 is 1.50 bits per heavy atom. The molecule has 8 heteroatoms. The summed E-state index contributed by atoms with van der Waals surface area (Å²) < 4.78 is 0. The predicted octanol–water partition coefficient (Wildman–Crippen LogP) is -0.553. The van der Waals surface area contributed by atoms with Crippen molar-refractivity contribution in [3.8, 4) is 0 Å². The predicted molar refractivity (Wildman–Crippen MR) is 70.0 cm³/mol. The molecule has 2 amide bonds. The van der Waals surface area contributed by atoms with Gasteiger partial charge in [0.1, 0.15) is 0 Å². The van der Waals surface area contributed by atoms with E-state index in [0.717, 1.165) is 0 Å². The van der Waals surface area contributed by atoms with Crippen LogP contribution in [0.15, 0.2) is 5.16 Å². The first-order valence-electron chi connectivity index (χ1n) is 6.29. The SMILES string of the molecule is CC(C)CNC(=O)CN(C)C(=O)C1CC(C(=O)O)=NO1. The van der Waals surface area contributed by atoms with E-state index in [-0.39, 0.29) is 24.6 Å². The van der Waals surface area contributed by atoms with Crippen LogP contribution in [0.5, 0.6) is 0 Å². The Labute approximate surface area is 116 Å². The van der Waals surface area contributed by atoms with Crippen molar-refractivity contribution in [2.24, 2.45) is 11.1 Å². The van der Waals surface area contributed by atoms with Crippen LogP contribution in [0.4, 0.5) is 0 Å². The lowest BCUT2D eigenvalue weighted by Gasteiger charge is -2.19. The minimum absolute atomic E-state index is 0.0912. The molecule has 0 fully saturated rings. The van der Waals surface area contributed by atoms with Gasteiger partial charge in [-0.25, -0.2) is 4.79 Å². The van der Waals surface area contributed by atoms with Gasteiger partial charge in [0.05, 0.1) is 6.54 Å². The van der Waals surface area contributed by atoms with Crippen molar-refractivity contribution in [2.45, 2.75) is 26.4 Å². The normalized spacial score (nSPS) is 17.4. The fraction of sp³-hybridized carbons (Fsp3) is 0.667. The van der Waals surface area contributed by atoms with E-state index >= 15 is 0 Å². The van der Waals surface area contributed by atoms with E-state index in [9.17, 15) is 14.4 Å². The Hall–Kier alpha value is -2.12. The van der Waals surface area contributed by atoms with Gasteiger partial charge >= 0.3 is 5.97 Å². The van der Waals surface area contributed by atoms with Gasteiger partial charge in [-0.3, -0.25) is 9.59 Å². The molecule has 0 saturated heterocycles. The minimum atomic E-state index is -1.21. The Bertz CT molecular complexity index is 433. The van der Waals surface area contributed by atoms with E-state index in [0.29, 0.717) is 12.5 Å². The first-order valence-corrected chi connectivity index (χ1v) is 6.29. The molecule has 1 aliphatic rings. The first kappa shape index (κ1) is 15.9. The van der Waals surface area contributed by atoms with Crippen molar-refractivity contribution in [1.82, 2.24) is 10.2 Å². The number of carboxylic acids is 1. The molecule has 0 aromatic rings. The maximum absolute atomic E-state index is 11.9. The van der Waals surface area contributed by atoms with Gasteiger partial charge in [0.25, 0.3) is 5.91 Å². The number of amides is 2. The monoisotopic (exact) mass is 285 g/mol. The Morgan fingerprint density at radius 2 is 2.15 bits per heavy atom. The molecule has 0 saturated carbocycles. The number of aliphatic carboxylic acids is 1. The number of likely N-dealkylation sites (N-methyl/N-ethyl adjacent to an activating group) is 1. The molecular weight excluding hydrogens is 266 g/mol. The molecule has 1 atom stereocenters. The topological polar surface area (TPSA) is 108 Å². The van der Waals surface area contributed by atoms with Crippen LogP contribution in [0, 0.1) is 5.92 Å². The molecule has 0 bridgehead atoms. The lowest BCUT2D eigenvalue weighted by molar-refractivity contribution is -0.143. The summed E-state index contributed by atoms with van der Waals surface area (Å²) in [5.41, 5.74) is -0.194. The third-order valence-corrected chi connectivity index (χ3v) is 2.66. The van der Waals surface area contributed by atoms with E-state index in [4.69, 9.17) is 9.94 Å². The van der Waals surface area contributed by atoms with Crippen LogP contribution in [0.25, 0.3) is 0 Å². The quantitative estimate of drug-likeness (QED) is 0.680. The van der Waals surface area contributed by atoms with Crippen LogP contribution >= 0.6 is 0 Å². The summed E-state index contributed by atoms with van der Waals surface area (Å²) in [5, 5.41) is 14.7. The lowest BCUT2D eigenvalue weighted by atomic mass is 10.1. The largest absolute Gasteiger partial charge is 0.477 e. The highest BCUT2D eigenvalue weighted by Crippen LogP contribution is 2.13. The number of nitrogens with one attached hydrogen (secondary N) is 1. The zero-order valence-electron chi connectivity index (χ0n) is 11.8. The minimum Gasteiger partial charge on any atom is -0.477 e. The second kappa shape index (κ2) is 6.88. The molecule has 8 nitrogen and oxygen atoms in total. The van der Waals surface area contributed by atoms with Gasteiger partial charge in [-0.2, -0.15) is 0 Å². The lowest BCUT2D eigenvalue weighted by Crippen LogP contribution is -2.43. The van der Waals surface area contributed by atoms with Gasteiger partial charge in [0, 0.05) is 20.0 Å². The molecule has 0 aliphatic carbocycles. The summed E-state index contributed by atoms with van der Waals surface area (Å²) >= 11 is 0. The van der Waals surface area contributed by atoms with E-state index < -0.39 is 18.0 Å². The van der Waals surface area contributed by atoms with E-state index in [2.05, 4.69) is 10.5 Å². The summed E-state index contributed by atoms with van der Waals surface area (Å²) in [6.07, 6.45) is -1.06. The van der Waals surface area contributed by atoms with Crippen LogP contribution in [-0.2, 0) is 19.2 Å². The summed E-state index contributed by atoms with van der Waals surface area (Å²) in [6, 6.07) is 0. The van der Waals surface area contributed by atoms with Crippen LogP contribution in [0.2, 0.25) is 0 Å². The van der Waals surface area contributed by atoms with Crippen molar-refractivity contribution in [1.29, 1.82) is 0 Å². The van der Waals surface area contributed by atoms with Crippen LogP contribution in [0.1, 0.15) is 20.3 Å². The summed E-state index contributed by atoms with van der Waals surface area (Å²) in [5.74, 6) is -1.63. The number of nitrogens with zero attached hydrogens (tertiary/aromatic N) is 2. The number of rotatable bonds is 6. The molecule has 112 valence electrons. The zero-order chi connectivity index (χ0) is 15.3. The molecule has 1 rings (SSSR count). The molecule has 0 spiro atoms. The molecule has 1 unspecified atom stereocenters. The Balaban J connectivity index is 2.41. The zero-order valence-corrected chi connectivity index (χ0v) is 11.8. The van der Waals surface area contributed by atoms with Crippen molar-refractivity contribution in [3.05, 3.63) is 0 Å². The second-order valence-corrected chi connectivity index (χ2v) is 5.03. The summed E-state index contributed by atoms with van der Waals surface area (Å²) in [6.45, 7) is 4.36. The van der Waals surface area contributed by atoms with Crippen molar-refractivity contribution >= 4 is 23.5 Å². The maximum Gasteiger partial charge on any atom is 0.353 e. The molecule has 0 radical (unpaired) electrons. The number of hydrogen-bond acceptors (Lipinski definition) is 5. The summed E-state index contributed by atoms with van der Waals surface area (Å²) in [7, 11) is 1.46.